The second-order valence-corrected chi connectivity index (χ2v) is 5.62. The molecule has 136 valence electrons. The van der Waals surface area contributed by atoms with Crippen molar-refractivity contribution in [3.05, 3.63) is 65.9 Å². The Morgan fingerprint density at radius 2 is 1.74 bits per heavy atom. The van der Waals surface area contributed by atoms with Crippen molar-refractivity contribution < 1.29 is 14.3 Å². The van der Waals surface area contributed by atoms with E-state index in [1.807, 2.05) is 0 Å². The van der Waals surface area contributed by atoms with Gasteiger partial charge in [-0.05, 0) is 49.4 Å². The molecule has 0 saturated heterocycles. The molecule has 0 aliphatic carbocycles. The molecule has 0 spiro atoms. The van der Waals surface area contributed by atoms with E-state index in [4.69, 9.17) is 4.74 Å². The highest BCUT2D eigenvalue weighted by Gasteiger charge is 2.07. The zero-order valence-electron chi connectivity index (χ0n) is 14.8. The number of ketones is 1. The van der Waals surface area contributed by atoms with E-state index < -0.39 is 5.97 Å². The third-order valence-electron chi connectivity index (χ3n) is 3.66. The number of anilines is 4. The van der Waals surface area contributed by atoms with Crippen LogP contribution in [0.4, 0.5) is 23.1 Å². The van der Waals surface area contributed by atoms with E-state index >= 15 is 0 Å². The molecule has 27 heavy (non-hydrogen) atoms. The molecule has 0 fully saturated rings. The highest BCUT2D eigenvalue weighted by atomic mass is 16.5. The number of ether oxygens (including phenoxy) is 1. The van der Waals surface area contributed by atoms with Gasteiger partial charge in [0.2, 0.25) is 5.95 Å². The third-order valence-corrected chi connectivity index (χ3v) is 3.66. The highest BCUT2D eigenvalue weighted by Crippen LogP contribution is 2.18. The summed E-state index contributed by atoms with van der Waals surface area (Å²) in [6.45, 7) is 1.51. The molecule has 8 nitrogen and oxygen atoms in total. The van der Waals surface area contributed by atoms with E-state index in [1.54, 1.807) is 48.5 Å². The van der Waals surface area contributed by atoms with Gasteiger partial charge in [0.25, 0.3) is 0 Å². The number of nitrogens with one attached hydrogen (secondary N) is 2. The maximum Gasteiger partial charge on any atom is 0.337 e. The summed E-state index contributed by atoms with van der Waals surface area (Å²) in [5.41, 5.74) is 2.44. The van der Waals surface area contributed by atoms with Crippen LogP contribution in [0.25, 0.3) is 0 Å². The van der Waals surface area contributed by atoms with Crippen LogP contribution < -0.4 is 10.6 Å². The molecule has 0 unspecified atom stereocenters. The van der Waals surface area contributed by atoms with Gasteiger partial charge >= 0.3 is 5.97 Å². The molecule has 0 atom stereocenters. The van der Waals surface area contributed by atoms with Gasteiger partial charge < -0.3 is 15.4 Å². The number of methoxy groups -OCH3 is 1. The maximum absolute atomic E-state index is 11.6. The quantitative estimate of drug-likeness (QED) is 0.507. The van der Waals surface area contributed by atoms with E-state index in [0.717, 1.165) is 5.69 Å². The van der Waals surface area contributed by atoms with E-state index in [-0.39, 0.29) is 5.78 Å². The lowest BCUT2D eigenvalue weighted by Gasteiger charge is -2.09. The smallest absolute Gasteiger partial charge is 0.337 e. The van der Waals surface area contributed by atoms with Gasteiger partial charge in [-0.1, -0.05) is 6.07 Å². The Balaban J connectivity index is 1.74. The molecule has 3 rings (SSSR count). The van der Waals surface area contributed by atoms with Crippen LogP contribution in [-0.2, 0) is 4.74 Å². The largest absolute Gasteiger partial charge is 0.465 e. The van der Waals surface area contributed by atoms with Crippen molar-refractivity contribution in [1.29, 1.82) is 0 Å². The molecule has 0 radical (unpaired) electrons. The van der Waals surface area contributed by atoms with Crippen molar-refractivity contribution in [1.82, 2.24) is 15.2 Å². The number of esters is 1. The molecular weight excluding hydrogens is 346 g/mol. The number of hydrogen-bond acceptors (Lipinski definition) is 8. The molecule has 8 heteroatoms. The number of benzene rings is 2. The first kappa shape index (κ1) is 18.0. The molecule has 0 amide bonds. The van der Waals surface area contributed by atoms with Gasteiger partial charge in [0.1, 0.15) is 0 Å². The lowest BCUT2D eigenvalue weighted by Crippen LogP contribution is -2.04. The molecule has 0 aliphatic rings. The van der Waals surface area contributed by atoms with Crippen LogP contribution in [0.5, 0.6) is 0 Å². The number of aromatic nitrogens is 3. The van der Waals surface area contributed by atoms with Crippen LogP contribution in [0, 0.1) is 0 Å². The Hall–Kier alpha value is -3.81. The van der Waals surface area contributed by atoms with Crippen molar-refractivity contribution in [3.63, 3.8) is 0 Å². The molecule has 0 aliphatic heterocycles. The minimum Gasteiger partial charge on any atom is -0.465 e. The van der Waals surface area contributed by atoms with Crippen LogP contribution in [0.2, 0.25) is 0 Å². The number of nitrogens with zero attached hydrogens (tertiary/aromatic N) is 3. The summed E-state index contributed by atoms with van der Waals surface area (Å²) in [4.78, 5) is 27.3. The second kappa shape index (κ2) is 8.05. The summed E-state index contributed by atoms with van der Waals surface area (Å²) in [7, 11) is 1.33. The van der Waals surface area contributed by atoms with Crippen LogP contribution in [0.3, 0.4) is 0 Å². The Morgan fingerprint density at radius 1 is 0.963 bits per heavy atom. The fourth-order valence-electron chi connectivity index (χ4n) is 2.32. The zero-order chi connectivity index (χ0) is 19.2. The van der Waals surface area contributed by atoms with E-state index in [1.165, 1.54) is 20.2 Å². The fourth-order valence-corrected chi connectivity index (χ4v) is 2.32. The van der Waals surface area contributed by atoms with Gasteiger partial charge in [0, 0.05) is 16.9 Å². The van der Waals surface area contributed by atoms with Crippen molar-refractivity contribution in [2.75, 3.05) is 17.7 Å². The number of rotatable bonds is 6. The summed E-state index contributed by atoms with van der Waals surface area (Å²) in [5.74, 6) is 0.324. The highest BCUT2D eigenvalue weighted by molar-refractivity contribution is 5.94. The van der Waals surface area contributed by atoms with Crippen molar-refractivity contribution >= 4 is 34.9 Å². The van der Waals surface area contributed by atoms with Gasteiger partial charge in [-0.2, -0.15) is 10.1 Å². The van der Waals surface area contributed by atoms with E-state index in [0.29, 0.717) is 28.6 Å². The van der Waals surface area contributed by atoms with E-state index in [2.05, 4.69) is 25.8 Å². The van der Waals surface area contributed by atoms with Crippen LogP contribution in [-0.4, -0.2) is 34.0 Å². The lowest BCUT2D eigenvalue weighted by molar-refractivity contribution is 0.0600. The molecule has 0 bridgehead atoms. The Morgan fingerprint density at radius 3 is 2.44 bits per heavy atom. The monoisotopic (exact) mass is 363 g/mol. The predicted molar refractivity (Wildman–Crippen MR) is 101 cm³/mol. The van der Waals surface area contributed by atoms with Gasteiger partial charge in [-0.15, -0.1) is 5.10 Å². The van der Waals surface area contributed by atoms with Gasteiger partial charge in [-0.3, -0.25) is 4.79 Å². The van der Waals surface area contributed by atoms with Gasteiger partial charge in [0.15, 0.2) is 11.6 Å². The number of carbonyl (C=O) groups excluding carboxylic acids is 2. The first-order valence-corrected chi connectivity index (χ1v) is 8.08. The number of carbonyl (C=O) groups is 2. The third kappa shape index (κ3) is 4.63. The first-order chi connectivity index (χ1) is 13.0. The lowest BCUT2D eigenvalue weighted by atomic mass is 10.1. The Kier molecular flexibility index (Phi) is 5.36. The van der Waals surface area contributed by atoms with Crippen molar-refractivity contribution in [2.45, 2.75) is 6.92 Å². The molecule has 2 N–H and O–H groups in total. The fraction of sp³-hybridized carbons (Fsp3) is 0.105. The average molecular weight is 363 g/mol. The average Bonchev–Trinajstić information content (AvgIpc) is 2.68. The summed E-state index contributed by atoms with van der Waals surface area (Å²) in [6.07, 6.45) is 1.47. The minimum absolute atomic E-state index is 0.000140. The van der Waals surface area contributed by atoms with E-state index in [9.17, 15) is 9.59 Å². The summed E-state index contributed by atoms with van der Waals surface area (Å²) >= 11 is 0. The van der Waals surface area contributed by atoms with Crippen LogP contribution >= 0.6 is 0 Å². The molecule has 0 saturated carbocycles. The summed E-state index contributed by atoms with van der Waals surface area (Å²) < 4.78 is 4.71. The normalized spacial score (nSPS) is 10.1. The van der Waals surface area contributed by atoms with Crippen LogP contribution in [0.1, 0.15) is 27.6 Å². The minimum atomic E-state index is -0.421. The van der Waals surface area contributed by atoms with Gasteiger partial charge in [0.05, 0.1) is 18.9 Å². The van der Waals surface area contributed by atoms with Crippen molar-refractivity contribution in [2.24, 2.45) is 0 Å². The molecular formula is C19H17N5O3. The zero-order valence-corrected chi connectivity index (χ0v) is 14.8. The molecule has 3 aromatic rings. The summed E-state index contributed by atoms with van der Waals surface area (Å²) in [5, 5.41) is 13.9. The Bertz CT molecular complexity index is 973. The SMILES string of the molecule is COC(=O)c1cccc(Nc2cnnc(Nc3ccc(C(C)=O)cc3)n2)c1. The summed E-state index contributed by atoms with van der Waals surface area (Å²) in [6, 6.07) is 13.8. The van der Waals surface area contributed by atoms with Crippen LogP contribution in [0.15, 0.2) is 54.7 Å². The number of Topliss-reactive ketones (excluding diaryl/α,β-unsaturated/α-hetero) is 1. The standard InChI is InChI=1S/C19H17N5O3/c1-12(25)13-6-8-15(9-7-13)22-19-23-17(11-20-24-19)21-16-5-3-4-14(10-16)18(26)27-2/h3-11H,1-2H3,(H2,21,22,23,24). The Labute approximate surface area is 155 Å². The van der Waals surface area contributed by atoms with Crippen molar-refractivity contribution in [3.8, 4) is 0 Å². The molecule has 1 aromatic heterocycles. The number of hydrogen-bond donors (Lipinski definition) is 2. The maximum atomic E-state index is 11.6. The second-order valence-electron chi connectivity index (χ2n) is 5.62. The first-order valence-electron chi connectivity index (χ1n) is 8.08. The predicted octanol–water partition coefficient (Wildman–Crippen LogP) is 3.35. The van der Waals surface area contributed by atoms with Gasteiger partial charge in [-0.25, -0.2) is 4.79 Å². The topological polar surface area (TPSA) is 106 Å². The molecule has 2 aromatic carbocycles. The molecule has 1 heterocycles.